The minimum atomic E-state index is -4.85. The fraction of sp³-hybridized carbons (Fsp3) is 0.0159. The molecule has 12 nitrogen and oxygen atoms in total. The Hall–Kier alpha value is -19.5. The fourth-order valence-corrected chi connectivity index (χ4v) is 22.9. The molecule has 0 unspecified atom stereocenters. The van der Waals surface area contributed by atoms with E-state index in [0.29, 0.717) is 39.3 Å². The molecule has 28 aromatic rings. The van der Waals surface area contributed by atoms with Gasteiger partial charge in [0.05, 0.1) is 153 Å². The van der Waals surface area contributed by atoms with Gasteiger partial charge >= 0.3 is 6.18 Å². The standard InChI is InChI=1S/C86H50F3N7.C40H23N5/c87-86(88,89)70-26-17-35-84(96-81-44-39-55(93-75-31-13-5-22-61(75)62-23-6-14-32-76(62)93)49-67(81)68-50-56(40-45-82(68)96)94-77-33-15-7-24-63(77)64-25-8-16-34-78(64)94)85(70)69-46-52(51-90)36-41-83(69)95-79-42-37-53(91-71-27-9-1-18-57(71)58-19-2-10-28-72(58)91)47-65(79)66-48-54(38-43-80(66)95)92-73-29-11-3-20-59(73)60-21-4-12-30-74(60)92;1-25-9-8-14-39(45-35-13-7-4-10-29(35)31-21-26(24-41)15-18-36(31)45)40(25)33-23-28(43-3)17-20-38(33)44-34-12-6-5-11-30(34)32-22-27(42-2)16-19-37(32)44/h1-50H;4-23H,1H3. The van der Waals surface area contributed by atoms with Crippen molar-refractivity contribution in [2.24, 2.45) is 0 Å². The van der Waals surface area contributed by atoms with Crippen LogP contribution in [0, 0.1) is 42.7 Å². The van der Waals surface area contributed by atoms with Crippen molar-refractivity contribution in [3.63, 3.8) is 0 Å². The summed E-state index contributed by atoms with van der Waals surface area (Å²) in [4.78, 5) is 7.53. The van der Waals surface area contributed by atoms with E-state index in [2.05, 4.69) is 370 Å². The summed E-state index contributed by atoms with van der Waals surface area (Å²) < 4.78 is 68.2. The van der Waals surface area contributed by atoms with Crippen LogP contribution in [0.3, 0.4) is 0 Å². The summed E-state index contributed by atoms with van der Waals surface area (Å²) >= 11 is 0. The molecule has 0 N–H and O–H groups in total. The van der Waals surface area contributed by atoms with Crippen molar-refractivity contribution in [1.29, 1.82) is 10.5 Å². The van der Waals surface area contributed by atoms with Crippen molar-refractivity contribution in [2.45, 2.75) is 13.1 Å². The zero-order chi connectivity index (χ0) is 94.3. The van der Waals surface area contributed by atoms with Crippen LogP contribution in [-0.2, 0) is 6.18 Å². The molecule has 0 atom stereocenters. The highest BCUT2D eigenvalue weighted by molar-refractivity contribution is 6.20. The van der Waals surface area contributed by atoms with Crippen LogP contribution >= 0.6 is 0 Å². The number of fused-ring (bicyclic) bond motifs is 24. The lowest BCUT2D eigenvalue weighted by molar-refractivity contribution is -0.137. The van der Waals surface area contributed by atoms with Crippen molar-refractivity contribution in [3.8, 4) is 79.9 Å². The van der Waals surface area contributed by atoms with Crippen LogP contribution in [0.5, 0.6) is 0 Å². The maximum atomic E-state index is 16.8. The maximum absolute atomic E-state index is 16.8. The number of aryl methyl sites for hydroxylation is 1. The SMILES string of the molecule is N#Cc1ccc(-n2c3ccc(-n4c5ccccc5c5ccccc54)cc3c3cc(-n4c5ccccc5c5ccccc54)ccc32)c(-c2c(-n3c4ccc(-n5c6ccccc6c6ccccc65)cc4c4cc(-n5c6ccccc6c6ccccc65)ccc43)cccc2C(F)(F)F)c1.[C-]#[N+]c1ccc(-n2c3ccccc3c3cc([N+]#[C-])ccc32)c(-c2c(C)cccc2-n2c3ccccc3c3cc(C#N)ccc32)c1. The van der Waals surface area contributed by atoms with Gasteiger partial charge in [-0.25, -0.2) is 9.69 Å². The largest absolute Gasteiger partial charge is 0.417 e. The van der Waals surface area contributed by atoms with E-state index in [4.69, 9.17) is 13.1 Å². The summed E-state index contributed by atoms with van der Waals surface area (Å²) in [5.41, 5.74) is 26.2. The molecule has 658 valence electrons. The van der Waals surface area contributed by atoms with Crippen molar-refractivity contribution in [3.05, 3.63) is 470 Å². The highest BCUT2D eigenvalue weighted by atomic mass is 19.4. The second-order valence-corrected chi connectivity index (χ2v) is 36.1. The van der Waals surface area contributed by atoms with Crippen LogP contribution in [-0.4, -0.2) is 36.5 Å². The van der Waals surface area contributed by atoms with Crippen LogP contribution in [0.15, 0.2) is 425 Å². The van der Waals surface area contributed by atoms with Crippen molar-refractivity contribution in [2.75, 3.05) is 0 Å². The monoisotopic (exact) mass is 1810 g/mol. The molecule has 0 fully saturated rings. The van der Waals surface area contributed by atoms with Crippen molar-refractivity contribution in [1.82, 2.24) is 36.5 Å². The number of nitrogens with zero attached hydrogens (tertiary/aromatic N) is 12. The van der Waals surface area contributed by atoms with E-state index in [1.807, 2.05) is 89.5 Å². The lowest BCUT2D eigenvalue weighted by Crippen LogP contribution is -2.11. The Morgan fingerprint density at radius 2 is 0.468 bits per heavy atom. The van der Waals surface area contributed by atoms with Crippen LogP contribution in [0.25, 0.3) is 252 Å². The number of hydrogen-bond donors (Lipinski definition) is 0. The summed E-state index contributed by atoms with van der Waals surface area (Å²) in [6.07, 6.45) is -4.85. The van der Waals surface area contributed by atoms with Gasteiger partial charge in [-0.3, -0.25) is 0 Å². The molecular formula is C126H73F3N12. The van der Waals surface area contributed by atoms with Gasteiger partial charge in [-0.05, 0) is 236 Å². The van der Waals surface area contributed by atoms with E-state index in [-0.39, 0.29) is 16.7 Å². The number of halogens is 3. The summed E-state index contributed by atoms with van der Waals surface area (Å²) in [6.45, 7) is 17.6. The van der Waals surface area contributed by atoms with Crippen LogP contribution in [0.1, 0.15) is 22.3 Å². The van der Waals surface area contributed by atoms with E-state index in [9.17, 15) is 10.5 Å². The second-order valence-electron chi connectivity index (χ2n) is 36.1. The van der Waals surface area contributed by atoms with Crippen molar-refractivity contribution < 1.29 is 13.2 Å². The predicted molar refractivity (Wildman–Crippen MR) is 570 cm³/mol. The molecule has 8 heterocycles. The van der Waals surface area contributed by atoms with Crippen LogP contribution < -0.4 is 0 Å². The number of alkyl halides is 3. The molecule has 0 amide bonds. The fourth-order valence-electron chi connectivity index (χ4n) is 22.9. The van der Waals surface area contributed by atoms with Gasteiger partial charge in [0.15, 0.2) is 11.4 Å². The summed E-state index contributed by atoms with van der Waals surface area (Å²) in [7, 11) is 0. The third-order valence-electron chi connectivity index (χ3n) is 28.7. The highest BCUT2D eigenvalue weighted by Crippen LogP contribution is 2.52. The van der Waals surface area contributed by atoms with Gasteiger partial charge in [-0.15, -0.1) is 0 Å². The molecule has 0 bridgehead atoms. The van der Waals surface area contributed by atoms with Gasteiger partial charge in [-0.2, -0.15) is 23.7 Å². The molecule has 0 saturated carbocycles. The summed E-state index contributed by atoms with van der Waals surface area (Å²) in [5, 5.41) is 37.3. The molecule has 141 heavy (non-hydrogen) atoms. The molecule has 0 aliphatic rings. The van der Waals surface area contributed by atoms with Gasteiger partial charge < -0.3 is 36.5 Å². The lowest BCUT2D eigenvalue weighted by Gasteiger charge is -2.23. The Morgan fingerprint density at radius 1 is 0.220 bits per heavy atom. The van der Waals surface area contributed by atoms with Gasteiger partial charge in [-0.1, -0.05) is 212 Å². The molecule has 15 heteroatoms. The molecule has 0 aliphatic heterocycles. The molecule has 20 aromatic carbocycles. The second kappa shape index (κ2) is 31.3. The topological polar surface area (TPSA) is 95.7 Å². The van der Waals surface area contributed by atoms with Crippen LogP contribution in [0.4, 0.5) is 24.5 Å². The van der Waals surface area contributed by atoms with E-state index >= 15 is 13.2 Å². The highest BCUT2D eigenvalue weighted by Gasteiger charge is 2.38. The number of para-hydroxylation sites is 10. The van der Waals surface area contributed by atoms with E-state index in [1.54, 1.807) is 18.2 Å². The zero-order valence-electron chi connectivity index (χ0n) is 75.4. The maximum Gasteiger partial charge on any atom is 0.417 e. The first kappa shape index (κ1) is 81.1. The molecule has 8 aromatic heterocycles. The molecule has 0 radical (unpaired) electrons. The first-order valence-corrected chi connectivity index (χ1v) is 46.7. The van der Waals surface area contributed by atoms with Gasteiger partial charge in [0, 0.05) is 120 Å². The number of hydrogen-bond acceptors (Lipinski definition) is 2. The minimum Gasteiger partial charge on any atom is -0.309 e. The average Bonchev–Trinajstić information content (AvgIpc) is 1.56. The first-order valence-electron chi connectivity index (χ1n) is 46.7. The molecule has 0 aliphatic carbocycles. The number of aromatic nitrogens is 8. The van der Waals surface area contributed by atoms with Crippen molar-refractivity contribution >= 4 is 186 Å². The first-order chi connectivity index (χ1) is 69.4. The number of nitriles is 2. The predicted octanol–water partition coefficient (Wildman–Crippen LogP) is 33.7. The van der Waals surface area contributed by atoms with Crippen LogP contribution in [0.2, 0.25) is 0 Å². The summed E-state index contributed by atoms with van der Waals surface area (Å²) in [5.74, 6) is 0. The third kappa shape index (κ3) is 12.2. The number of benzene rings is 20. The van der Waals surface area contributed by atoms with E-state index in [0.717, 1.165) is 214 Å². The Labute approximate surface area is 803 Å². The quantitative estimate of drug-likeness (QED) is 0.128. The molecule has 0 saturated heterocycles. The summed E-state index contributed by atoms with van der Waals surface area (Å²) in [6, 6.07) is 148. The number of rotatable bonds is 10. The molecular weight excluding hydrogens is 1740 g/mol. The van der Waals surface area contributed by atoms with E-state index in [1.165, 1.54) is 12.1 Å². The third-order valence-corrected chi connectivity index (χ3v) is 28.7. The Kier molecular flexibility index (Phi) is 18.0. The Balaban J connectivity index is 0.000000185. The zero-order valence-corrected chi connectivity index (χ0v) is 75.4. The normalized spacial score (nSPS) is 11.9. The Morgan fingerprint density at radius 3 is 0.816 bits per heavy atom. The van der Waals surface area contributed by atoms with E-state index < -0.39 is 11.7 Å². The average molecular weight is 1810 g/mol. The molecule has 28 rings (SSSR count). The lowest BCUT2D eigenvalue weighted by atomic mass is 9.93. The smallest absolute Gasteiger partial charge is 0.309 e. The Bertz CT molecular complexity index is 9950. The van der Waals surface area contributed by atoms with Gasteiger partial charge in [0.1, 0.15) is 0 Å². The van der Waals surface area contributed by atoms with Gasteiger partial charge in [0.25, 0.3) is 0 Å². The minimum absolute atomic E-state index is 0.0624. The molecule has 0 spiro atoms. The van der Waals surface area contributed by atoms with Gasteiger partial charge in [0.2, 0.25) is 0 Å².